The van der Waals surface area contributed by atoms with E-state index in [1.54, 1.807) is 36.7 Å². The van der Waals surface area contributed by atoms with E-state index < -0.39 is 0 Å². The maximum atomic E-state index is 12.2. The molecule has 0 radical (unpaired) electrons. The number of rotatable bonds is 7. The fourth-order valence-corrected chi connectivity index (χ4v) is 2.74. The largest absolute Gasteiger partial charge is 0.508 e. The summed E-state index contributed by atoms with van der Waals surface area (Å²) in [6.07, 6.45) is 4.66. The van der Waals surface area contributed by atoms with E-state index in [9.17, 15) is 9.90 Å². The average molecular weight is 363 g/mol. The number of aromatic nitrogens is 2. The van der Waals surface area contributed by atoms with Crippen LogP contribution in [0.2, 0.25) is 0 Å². The Kier molecular flexibility index (Phi) is 5.51. The maximum Gasteiger partial charge on any atom is 0.251 e. The first-order valence-electron chi connectivity index (χ1n) is 8.59. The summed E-state index contributed by atoms with van der Waals surface area (Å²) in [4.78, 5) is 19.4. The highest BCUT2D eigenvalue weighted by Crippen LogP contribution is 2.20. The zero-order valence-electron chi connectivity index (χ0n) is 14.7. The minimum Gasteiger partial charge on any atom is -0.508 e. The first-order chi connectivity index (χ1) is 13.0. The Morgan fingerprint density at radius 2 is 1.93 bits per heavy atom. The van der Waals surface area contributed by atoms with Gasteiger partial charge in [-0.25, -0.2) is 4.98 Å². The number of phenolic OH excluding ortho intramolecular Hbond substituents is 1. The zero-order chi connectivity index (χ0) is 19.2. The quantitative estimate of drug-likeness (QED) is 0.251. The van der Waals surface area contributed by atoms with Crippen LogP contribution in [0.3, 0.4) is 0 Å². The summed E-state index contributed by atoms with van der Waals surface area (Å²) in [5.74, 6) is 0.736. The van der Waals surface area contributed by atoms with E-state index in [1.165, 1.54) is 6.07 Å². The Balaban J connectivity index is 1.51. The fraction of sp³-hybridized carbons (Fsp3) is 0.150. The second-order valence-electron chi connectivity index (χ2n) is 6.13. The molecule has 2 aromatic carbocycles. The van der Waals surface area contributed by atoms with Gasteiger partial charge in [0.25, 0.3) is 5.91 Å². The second kappa shape index (κ2) is 8.18. The monoisotopic (exact) mass is 363 g/mol. The molecule has 0 bridgehead atoms. The number of nitrogens with one attached hydrogen (secondary N) is 3. The van der Waals surface area contributed by atoms with E-state index >= 15 is 0 Å². The van der Waals surface area contributed by atoms with Crippen LogP contribution in [-0.4, -0.2) is 33.4 Å². The van der Waals surface area contributed by atoms with Crippen LogP contribution >= 0.6 is 0 Å². The molecule has 6 N–H and O–H groups in total. The standard InChI is InChI=1S/C20H21N5O2/c21-18(22)16-7-8-17(26)15(12-16)2-1-9-25-20(27)14-5-3-13(4-6-14)19-23-10-11-24-19/h3-8,10-12,26H,1-2,9H2,(H3,21,22)(H,23,24)(H,25,27). The lowest BCUT2D eigenvalue weighted by Gasteiger charge is -2.08. The number of nitrogens with two attached hydrogens (primary N) is 1. The molecule has 7 nitrogen and oxygen atoms in total. The molecule has 1 heterocycles. The molecule has 0 saturated carbocycles. The van der Waals surface area contributed by atoms with Crippen LogP contribution < -0.4 is 11.1 Å². The number of imidazole rings is 1. The van der Waals surface area contributed by atoms with Crippen molar-refractivity contribution >= 4 is 11.7 Å². The highest BCUT2D eigenvalue weighted by atomic mass is 16.3. The van der Waals surface area contributed by atoms with Crippen LogP contribution in [0.25, 0.3) is 11.4 Å². The average Bonchev–Trinajstić information content (AvgIpc) is 3.21. The minimum absolute atomic E-state index is 0.0393. The highest BCUT2D eigenvalue weighted by molar-refractivity contribution is 5.95. The molecule has 0 spiro atoms. The summed E-state index contributed by atoms with van der Waals surface area (Å²) in [7, 11) is 0. The number of carbonyl (C=O) groups is 1. The Morgan fingerprint density at radius 1 is 1.19 bits per heavy atom. The lowest BCUT2D eigenvalue weighted by atomic mass is 10.0. The number of aryl methyl sites for hydroxylation is 1. The van der Waals surface area contributed by atoms with E-state index in [4.69, 9.17) is 11.1 Å². The molecule has 0 fully saturated rings. The van der Waals surface area contributed by atoms with E-state index in [-0.39, 0.29) is 17.5 Å². The molecule has 27 heavy (non-hydrogen) atoms. The molecule has 1 aromatic heterocycles. The molecule has 0 aliphatic heterocycles. The number of benzene rings is 2. The number of phenols is 1. The number of H-pyrrole nitrogens is 1. The van der Waals surface area contributed by atoms with Crippen molar-refractivity contribution < 1.29 is 9.90 Å². The van der Waals surface area contributed by atoms with Gasteiger partial charge in [0, 0.05) is 35.6 Å². The minimum atomic E-state index is -0.150. The normalized spacial score (nSPS) is 10.5. The van der Waals surface area contributed by atoms with Gasteiger partial charge in [-0.3, -0.25) is 10.2 Å². The van der Waals surface area contributed by atoms with Crippen LogP contribution in [0.15, 0.2) is 54.9 Å². The van der Waals surface area contributed by atoms with Gasteiger partial charge in [-0.05, 0) is 48.7 Å². The number of hydrogen-bond donors (Lipinski definition) is 5. The highest BCUT2D eigenvalue weighted by Gasteiger charge is 2.08. The van der Waals surface area contributed by atoms with Gasteiger partial charge < -0.3 is 21.1 Å². The predicted octanol–water partition coefficient (Wildman–Crippen LogP) is 2.43. The van der Waals surface area contributed by atoms with Crippen molar-refractivity contribution in [3.8, 4) is 17.1 Å². The SMILES string of the molecule is N=C(N)c1ccc(O)c(CCCNC(=O)c2ccc(-c3ncc[nH]3)cc2)c1. The molecule has 0 aliphatic carbocycles. The topological polar surface area (TPSA) is 128 Å². The molecule has 0 unspecified atom stereocenters. The first-order valence-corrected chi connectivity index (χ1v) is 8.59. The number of nitrogens with zero attached hydrogens (tertiary/aromatic N) is 1. The molecule has 138 valence electrons. The van der Waals surface area contributed by atoms with Crippen molar-refractivity contribution in [3.63, 3.8) is 0 Å². The lowest BCUT2D eigenvalue weighted by Crippen LogP contribution is -2.24. The number of hydrogen-bond acceptors (Lipinski definition) is 4. The number of amidine groups is 1. The summed E-state index contributed by atoms with van der Waals surface area (Å²) in [6.45, 7) is 0.475. The van der Waals surface area contributed by atoms with E-state index in [0.29, 0.717) is 36.1 Å². The second-order valence-corrected chi connectivity index (χ2v) is 6.13. The number of nitrogen functional groups attached to an aromatic ring is 1. The van der Waals surface area contributed by atoms with Crippen LogP contribution in [0.1, 0.15) is 27.9 Å². The van der Waals surface area contributed by atoms with Crippen LogP contribution in [-0.2, 0) is 6.42 Å². The summed E-state index contributed by atoms with van der Waals surface area (Å²) in [5, 5.41) is 20.2. The Labute approximate surface area is 156 Å². The fourth-order valence-electron chi connectivity index (χ4n) is 2.74. The van der Waals surface area contributed by atoms with Gasteiger partial charge in [0.2, 0.25) is 0 Å². The summed E-state index contributed by atoms with van der Waals surface area (Å²) < 4.78 is 0. The summed E-state index contributed by atoms with van der Waals surface area (Å²) in [5.41, 5.74) is 8.24. The van der Waals surface area contributed by atoms with Gasteiger partial charge in [-0.15, -0.1) is 0 Å². The molecule has 3 rings (SSSR count). The van der Waals surface area contributed by atoms with Crippen molar-refractivity contribution in [3.05, 3.63) is 71.5 Å². The first kappa shape index (κ1) is 18.2. The smallest absolute Gasteiger partial charge is 0.251 e. The van der Waals surface area contributed by atoms with E-state index in [2.05, 4.69) is 15.3 Å². The third kappa shape index (κ3) is 4.52. The Morgan fingerprint density at radius 3 is 2.59 bits per heavy atom. The molecule has 0 aliphatic rings. The van der Waals surface area contributed by atoms with Crippen molar-refractivity contribution in [2.45, 2.75) is 12.8 Å². The van der Waals surface area contributed by atoms with Crippen molar-refractivity contribution in [2.24, 2.45) is 5.73 Å². The maximum absolute atomic E-state index is 12.2. The van der Waals surface area contributed by atoms with Crippen molar-refractivity contribution in [1.29, 1.82) is 5.41 Å². The summed E-state index contributed by atoms with van der Waals surface area (Å²) >= 11 is 0. The van der Waals surface area contributed by atoms with Crippen LogP contribution in [0.5, 0.6) is 5.75 Å². The van der Waals surface area contributed by atoms with Gasteiger partial charge in [-0.1, -0.05) is 12.1 Å². The molecular weight excluding hydrogens is 342 g/mol. The van der Waals surface area contributed by atoms with E-state index in [1.807, 2.05) is 12.1 Å². The van der Waals surface area contributed by atoms with Crippen LogP contribution in [0.4, 0.5) is 0 Å². The Bertz CT molecular complexity index is 934. The van der Waals surface area contributed by atoms with Gasteiger partial charge in [0.1, 0.15) is 17.4 Å². The molecular formula is C20H21N5O2. The van der Waals surface area contributed by atoms with E-state index in [0.717, 1.165) is 11.4 Å². The third-order valence-electron chi connectivity index (χ3n) is 4.22. The number of amides is 1. The molecule has 0 atom stereocenters. The molecule has 0 saturated heterocycles. The van der Waals surface area contributed by atoms with Crippen molar-refractivity contribution in [1.82, 2.24) is 15.3 Å². The molecule has 7 heteroatoms. The zero-order valence-corrected chi connectivity index (χ0v) is 14.7. The number of aromatic hydroxyl groups is 1. The van der Waals surface area contributed by atoms with Crippen LogP contribution in [0, 0.1) is 5.41 Å². The van der Waals surface area contributed by atoms with Gasteiger partial charge in [0.15, 0.2) is 0 Å². The van der Waals surface area contributed by atoms with Gasteiger partial charge in [0.05, 0.1) is 0 Å². The van der Waals surface area contributed by atoms with Gasteiger partial charge in [-0.2, -0.15) is 0 Å². The molecule has 1 amide bonds. The molecule has 3 aromatic rings. The van der Waals surface area contributed by atoms with Crippen molar-refractivity contribution in [2.75, 3.05) is 6.54 Å². The predicted molar refractivity (Wildman–Crippen MR) is 104 cm³/mol. The lowest BCUT2D eigenvalue weighted by molar-refractivity contribution is 0.0953. The number of carbonyl (C=O) groups excluding carboxylic acids is 1. The third-order valence-corrected chi connectivity index (χ3v) is 4.22. The van der Waals surface area contributed by atoms with Gasteiger partial charge >= 0.3 is 0 Å². The number of aromatic amines is 1. The Hall–Kier alpha value is -3.61. The summed E-state index contributed by atoms with van der Waals surface area (Å²) in [6, 6.07) is 12.1.